The Morgan fingerprint density at radius 3 is 2.78 bits per heavy atom. The average molecular weight is 147 g/mol. The molecule has 2 nitrogen and oxygen atoms in total. The van der Waals surface area contributed by atoms with Crippen LogP contribution in [-0.4, -0.2) is 12.0 Å². The lowest BCUT2D eigenvalue weighted by molar-refractivity contribution is 0.188. The number of carbonyl (C=O) groups is 1. The molecule has 0 fully saturated rings. The highest BCUT2D eigenvalue weighted by Crippen LogP contribution is 1.84. The molecule has 0 aromatic rings. The molecule has 0 atom stereocenters. The quantitative estimate of drug-likeness (QED) is 0.416. The Balaban J connectivity index is 3.19. The number of hydrogen-bond acceptors (Lipinski definition) is 2. The van der Waals surface area contributed by atoms with Crippen LogP contribution in [0.15, 0.2) is 0 Å². The fourth-order valence-electron chi connectivity index (χ4n) is 0.269. The third-order valence-electron chi connectivity index (χ3n) is 0.560. The Bertz CT molecular complexity index is 143. The minimum absolute atomic E-state index is 0.0934. The van der Waals surface area contributed by atoms with Gasteiger partial charge in [-0.2, -0.15) is 0 Å². The molecule has 0 aliphatic carbocycles. The predicted octanol–water partition coefficient (Wildman–Crippen LogP) is 1.78. The Kier molecular flexibility index (Phi) is 5.04. The van der Waals surface area contributed by atoms with E-state index in [1.165, 1.54) is 0 Å². The molecule has 0 spiro atoms. The maximum Gasteiger partial charge on any atom is 0.404 e. The summed E-state index contributed by atoms with van der Waals surface area (Å²) in [5, 5.41) is 0. The van der Waals surface area contributed by atoms with Gasteiger partial charge in [0, 0.05) is 18.0 Å². The van der Waals surface area contributed by atoms with Crippen LogP contribution in [0.1, 0.15) is 13.3 Å². The molecule has 50 valence electrons. The smallest absolute Gasteiger partial charge is 0.404 e. The van der Waals surface area contributed by atoms with Gasteiger partial charge in [0.1, 0.15) is 0 Å². The van der Waals surface area contributed by atoms with Gasteiger partial charge in [0.25, 0.3) is 0 Å². The molecular formula is C6H7ClO2. The Morgan fingerprint density at radius 2 is 2.33 bits per heavy atom. The van der Waals surface area contributed by atoms with Crippen LogP contribution in [-0.2, 0) is 4.74 Å². The van der Waals surface area contributed by atoms with Crippen molar-refractivity contribution in [2.45, 2.75) is 13.3 Å². The summed E-state index contributed by atoms with van der Waals surface area (Å²) in [4.78, 5) is 9.88. The average Bonchev–Trinajstić information content (AvgIpc) is 1.80. The standard InChI is InChI=1S/C6H7ClO2/c1-2-3-4-5-9-6(7)8/h2,5H2,1H3. The van der Waals surface area contributed by atoms with Crippen LogP contribution in [0.5, 0.6) is 0 Å². The summed E-state index contributed by atoms with van der Waals surface area (Å²) in [6, 6.07) is 0. The number of halogens is 1. The summed E-state index contributed by atoms with van der Waals surface area (Å²) in [5.74, 6) is 5.31. The first-order chi connectivity index (χ1) is 4.27. The van der Waals surface area contributed by atoms with Crippen LogP contribution < -0.4 is 0 Å². The van der Waals surface area contributed by atoms with E-state index in [1.807, 2.05) is 6.92 Å². The van der Waals surface area contributed by atoms with E-state index in [9.17, 15) is 4.79 Å². The summed E-state index contributed by atoms with van der Waals surface area (Å²) < 4.78 is 4.30. The molecule has 0 saturated carbocycles. The van der Waals surface area contributed by atoms with E-state index in [4.69, 9.17) is 11.6 Å². The van der Waals surface area contributed by atoms with E-state index < -0.39 is 5.43 Å². The highest BCUT2D eigenvalue weighted by molar-refractivity contribution is 6.61. The van der Waals surface area contributed by atoms with Crippen molar-refractivity contribution in [3.63, 3.8) is 0 Å². The zero-order chi connectivity index (χ0) is 7.11. The molecule has 0 amide bonds. The topological polar surface area (TPSA) is 26.3 Å². The molecule has 0 saturated heterocycles. The highest BCUT2D eigenvalue weighted by Gasteiger charge is 1.88. The molecule has 0 N–H and O–H groups in total. The monoisotopic (exact) mass is 146 g/mol. The van der Waals surface area contributed by atoms with Gasteiger partial charge in [-0.15, -0.1) is 5.92 Å². The summed E-state index contributed by atoms with van der Waals surface area (Å²) in [6.07, 6.45) is 0.764. The normalized spacial score (nSPS) is 7.33. The van der Waals surface area contributed by atoms with Crippen LogP contribution in [0.2, 0.25) is 0 Å². The van der Waals surface area contributed by atoms with E-state index in [2.05, 4.69) is 16.6 Å². The fourth-order valence-corrected chi connectivity index (χ4v) is 0.323. The van der Waals surface area contributed by atoms with Gasteiger partial charge in [0.2, 0.25) is 0 Å². The van der Waals surface area contributed by atoms with Gasteiger partial charge in [0.05, 0.1) is 0 Å². The number of hydrogen-bond donors (Lipinski definition) is 0. The third kappa shape index (κ3) is 7.32. The van der Waals surface area contributed by atoms with Gasteiger partial charge >= 0.3 is 5.43 Å². The van der Waals surface area contributed by atoms with Crippen molar-refractivity contribution in [2.24, 2.45) is 0 Å². The van der Waals surface area contributed by atoms with Crippen molar-refractivity contribution in [1.82, 2.24) is 0 Å². The molecule has 3 heteroatoms. The van der Waals surface area contributed by atoms with Crippen LogP contribution in [0, 0.1) is 11.8 Å². The lowest BCUT2D eigenvalue weighted by Crippen LogP contribution is -1.92. The Morgan fingerprint density at radius 1 is 1.67 bits per heavy atom. The van der Waals surface area contributed by atoms with E-state index in [0.717, 1.165) is 6.42 Å². The Hall–Kier alpha value is -0.680. The minimum atomic E-state index is -0.805. The van der Waals surface area contributed by atoms with Crippen LogP contribution >= 0.6 is 11.6 Å². The number of ether oxygens (including phenoxy) is 1. The largest absolute Gasteiger partial charge is 0.441 e. The minimum Gasteiger partial charge on any atom is -0.441 e. The van der Waals surface area contributed by atoms with Crippen LogP contribution in [0.25, 0.3) is 0 Å². The summed E-state index contributed by atoms with van der Waals surface area (Å²) in [5.41, 5.74) is -0.805. The second kappa shape index (κ2) is 5.46. The second-order valence-electron chi connectivity index (χ2n) is 1.23. The van der Waals surface area contributed by atoms with E-state index in [0.29, 0.717) is 0 Å². The summed E-state index contributed by atoms with van der Waals surface area (Å²) >= 11 is 4.83. The maximum atomic E-state index is 9.88. The zero-order valence-corrected chi connectivity index (χ0v) is 5.86. The zero-order valence-electron chi connectivity index (χ0n) is 5.11. The first-order valence-corrected chi connectivity index (χ1v) is 2.93. The van der Waals surface area contributed by atoms with Crippen molar-refractivity contribution in [3.05, 3.63) is 0 Å². The van der Waals surface area contributed by atoms with Gasteiger partial charge in [-0.05, 0) is 0 Å². The SMILES string of the molecule is CCC#CCOC(=O)Cl. The number of rotatable bonds is 1. The molecule has 0 aromatic carbocycles. The van der Waals surface area contributed by atoms with Gasteiger partial charge in [0.15, 0.2) is 6.61 Å². The molecular weight excluding hydrogens is 140 g/mol. The predicted molar refractivity (Wildman–Crippen MR) is 35.3 cm³/mol. The molecule has 0 radical (unpaired) electrons. The highest BCUT2D eigenvalue weighted by atomic mass is 35.5. The fraction of sp³-hybridized carbons (Fsp3) is 0.500. The van der Waals surface area contributed by atoms with Gasteiger partial charge in [-0.1, -0.05) is 12.8 Å². The first kappa shape index (κ1) is 8.32. The van der Waals surface area contributed by atoms with Crippen LogP contribution in [0.4, 0.5) is 4.79 Å². The molecule has 0 bridgehead atoms. The first-order valence-electron chi connectivity index (χ1n) is 2.55. The maximum absolute atomic E-state index is 9.88. The van der Waals surface area contributed by atoms with Gasteiger partial charge in [-0.3, -0.25) is 0 Å². The van der Waals surface area contributed by atoms with Crippen molar-refractivity contribution in [2.75, 3.05) is 6.61 Å². The molecule has 0 unspecified atom stereocenters. The lowest BCUT2D eigenvalue weighted by atomic mass is 10.5. The van der Waals surface area contributed by atoms with Crippen molar-refractivity contribution >= 4 is 17.0 Å². The summed E-state index contributed by atoms with van der Waals surface area (Å²) in [7, 11) is 0. The van der Waals surface area contributed by atoms with E-state index in [-0.39, 0.29) is 6.61 Å². The van der Waals surface area contributed by atoms with E-state index >= 15 is 0 Å². The molecule has 0 aromatic heterocycles. The van der Waals surface area contributed by atoms with Gasteiger partial charge < -0.3 is 4.74 Å². The number of carbonyl (C=O) groups excluding carboxylic acids is 1. The molecule has 0 aliphatic rings. The molecule has 9 heavy (non-hydrogen) atoms. The van der Waals surface area contributed by atoms with Crippen molar-refractivity contribution < 1.29 is 9.53 Å². The van der Waals surface area contributed by atoms with Crippen molar-refractivity contribution in [1.29, 1.82) is 0 Å². The second-order valence-corrected chi connectivity index (χ2v) is 1.54. The molecule has 0 rings (SSSR count). The van der Waals surface area contributed by atoms with E-state index in [1.54, 1.807) is 0 Å². The van der Waals surface area contributed by atoms with Gasteiger partial charge in [-0.25, -0.2) is 4.79 Å². The summed E-state index contributed by atoms with van der Waals surface area (Å²) in [6.45, 7) is 2.01. The van der Waals surface area contributed by atoms with Crippen molar-refractivity contribution in [3.8, 4) is 11.8 Å². The molecule has 0 heterocycles. The Labute approximate surface area is 59.1 Å². The molecule has 0 aliphatic heterocycles. The van der Waals surface area contributed by atoms with Crippen LogP contribution in [0.3, 0.4) is 0 Å². The third-order valence-corrected chi connectivity index (χ3v) is 0.669. The lowest BCUT2D eigenvalue weighted by Gasteiger charge is -1.87.